The van der Waals surface area contributed by atoms with Crippen LogP contribution in [0.1, 0.15) is 0 Å². The van der Waals surface area contributed by atoms with Crippen LogP contribution in [0.5, 0.6) is 11.6 Å². The second kappa shape index (κ2) is 5.12. The normalized spacial score (nSPS) is 10.3. The van der Waals surface area contributed by atoms with Crippen LogP contribution in [0.3, 0.4) is 0 Å². The highest BCUT2D eigenvalue weighted by Crippen LogP contribution is 2.35. The third kappa shape index (κ3) is 2.83. The molecule has 0 unspecified atom stereocenters. The summed E-state index contributed by atoms with van der Waals surface area (Å²) in [5.74, 6) is 0.707. The predicted molar refractivity (Wildman–Crippen MR) is 72.9 cm³/mol. The molecule has 0 bridgehead atoms. The predicted octanol–water partition coefficient (Wildman–Crippen LogP) is 4.53. The van der Waals surface area contributed by atoms with E-state index < -0.39 is 0 Å². The summed E-state index contributed by atoms with van der Waals surface area (Å²) in [6, 6.07) is 6.80. The molecular formula is C11H7BrCl2N2O. The molecule has 2 aromatic rings. The van der Waals surface area contributed by atoms with Crippen LogP contribution < -0.4 is 10.5 Å². The summed E-state index contributed by atoms with van der Waals surface area (Å²) < 4.78 is 6.28. The Morgan fingerprint density at radius 2 is 2.06 bits per heavy atom. The first-order valence-electron chi connectivity index (χ1n) is 4.61. The van der Waals surface area contributed by atoms with Crippen LogP contribution in [-0.4, -0.2) is 4.98 Å². The molecule has 1 aromatic heterocycles. The van der Waals surface area contributed by atoms with Crippen LogP contribution in [-0.2, 0) is 0 Å². The molecule has 2 N–H and O–H groups in total. The van der Waals surface area contributed by atoms with Crippen LogP contribution in [0.25, 0.3) is 0 Å². The Morgan fingerprint density at radius 1 is 1.29 bits per heavy atom. The minimum atomic E-state index is 0.289. The number of hydrogen-bond acceptors (Lipinski definition) is 3. The zero-order valence-electron chi connectivity index (χ0n) is 8.45. The molecule has 0 fully saturated rings. The van der Waals surface area contributed by atoms with E-state index in [4.69, 9.17) is 33.7 Å². The Labute approximate surface area is 117 Å². The second-order valence-corrected chi connectivity index (χ2v) is 4.90. The number of nitrogen functional groups attached to an aromatic ring is 1. The van der Waals surface area contributed by atoms with E-state index in [1.54, 1.807) is 30.5 Å². The summed E-state index contributed by atoms with van der Waals surface area (Å²) in [7, 11) is 0. The summed E-state index contributed by atoms with van der Waals surface area (Å²) in [6.45, 7) is 0. The Morgan fingerprint density at radius 3 is 2.76 bits per heavy atom. The number of anilines is 1. The molecular weight excluding hydrogens is 327 g/mol. The van der Waals surface area contributed by atoms with Crippen molar-refractivity contribution in [2.45, 2.75) is 0 Å². The van der Waals surface area contributed by atoms with Gasteiger partial charge in [-0.15, -0.1) is 0 Å². The maximum atomic E-state index is 5.99. The zero-order valence-corrected chi connectivity index (χ0v) is 11.6. The van der Waals surface area contributed by atoms with Crippen LogP contribution in [0.15, 0.2) is 34.9 Å². The Bertz CT molecular complexity index is 563. The third-order valence-electron chi connectivity index (χ3n) is 1.97. The molecule has 0 atom stereocenters. The lowest BCUT2D eigenvalue weighted by Gasteiger charge is -2.09. The van der Waals surface area contributed by atoms with Gasteiger partial charge in [0.05, 0.1) is 10.7 Å². The van der Waals surface area contributed by atoms with Gasteiger partial charge in [-0.05, 0) is 34.1 Å². The summed E-state index contributed by atoms with van der Waals surface area (Å²) in [6.07, 6.45) is 1.59. The van der Waals surface area contributed by atoms with Crippen LogP contribution >= 0.6 is 39.1 Å². The van der Waals surface area contributed by atoms with Crippen molar-refractivity contribution in [3.05, 3.63) is 45.0 Å². The maximum Gasteiger partial charge on any atom is 0.242 e. The van der Waals surface area contributed by atoms with Crippen molar-refractivity contribution in [1.82, 2.24) is 4.98 Å². The number of rotatable bonds is 2. The van der Waals surface area contributed by atoms with Gasteiger partial charge in [0.15, 0.2) is 0 Å². The first-order chi connectivity index (χ1) is 8.08. The van der Waals surface area contributed by atoms with Crippen molar-refractivity contribution in [2.75, 3.05) is 5.73 Å². The van der Waals surface area contributed by atoms with Gasteiger partial charge in [0.2, 0.25) is 5.88 Å². The van der Waals surface area contributed by atoms with E-state index in [0.717, 1.165) is 4.47 Å². The van der Waals surface area contributed by atoms with Gasteiger partial charge in [-0.2, -0.15) is 0 Å². The standard InChI is InChI=1S/C11H7BrCl2N2O/c12-6-4-8(15)11(16-5-6)17-9-3-1-2-7(13)10(9)14/h1-5H,15H2. The highest BCUT2D eigenvalue weighted by molar-refractivity contribution is 9.10. The SMILES string of the molecule is Nc1cc(Br)cnc1Oc1cccc(Cl)c1Cl. The molecule has 0 radical (unpaired) electrons. The first kappa shape index (κ1) is 12.5. The molecule has 1 heterocycles. The van der Waals surface area contributed by atoms with E-state index in [1.807, 2.05) is 0 Å². The van der Waals surface area contributed by atoms with Gasteiger partial charge in [-0.3, -0.25) is 0 Å². The average molecular weight is 334 g/mol. The van der Waals surface area contributed by atoms with E-state index >= 15 is 0 Å². The lowest BCUT2D eigenvalue weighted by molar-refractivity contribution is 0.465. The fraction of sp³-hybridized carbons (Fsp3) is 0. The number of pyridine rings is 1. The van der Waals surface area contributed by atoms with E-state index in [-0.39, 0.29) is 5.88 Å². The van der Waals surface area contributed by atoms with Crippen molar-refractivity contribution < 1.29 is 4.74 Å². The van der Waals surface area contributed by atoms with Crippen molar-refractivity contribution >= 4 is 44.8 Å². The second-order valence-electron chi connectivity index (χ2n) is 3.20. The fourth-order valence-electron chi connectivity index (χ4n) is 1.19. The highest BCUT2D eigenvalue weighted by atomic mass is 79.9. The van der Waals surface area contributed by atoms with Gasteiger partial charge in [-0.25, -0.2) is 4.98 Å². The number of nitrogens with zero attached hydrogens (tertiary/aromatic N) is 1. The number of ether oxygens (including phenoxy) is 1. The molecule has 0 aliphatic heterocycles. The molecule has 3 nitrogen and oxygen atoms in total. The molecule has 0 saturated heterocycles. The molecule has 1 aromatic carbocycles. The molecule has 6 heteroatoms. The van der Waals surface area contributed by atoms with Crippen molar-refractivity contribution in [1.29, 1.82) is 0 Å². The summed E-state index contributed by atoms with van der Waals surface area (Å²) >= 11 is 15.1. The maximum absolute atomic E-state index is 5.99. The topological polar surface area (TPSA) is 48.1 Å². The quantitative estimate of drug-likeness (QED) is 0.878. The monoisotopic (exact) mass is 332 g/mol. The molecule has 17 heavy (non-hydrogen) atoms. The van der Waals surface area contributed by atoms with Crippen LogP contribution in [0.2, 0.25) is 10.0 Å². The molecule has 0 aliphatic rings. The minimum absolute atomic E-state index is 0.289. The van der Waals surface area contributed by atoms with Crippen LogP contribution in [0, 0.1) is 0 Å². The number of nitrogens with two attached hydrogens (primary N) is 1. The smallest absolute Gasteiger partial charge is 0.242 e. The van der Waals surface area contributed by atoms with E-state index in [1.165, 1.54) is 0 Å². The Hall–Kier alpha value is -0.970. The molecule has 0 saturated carbocycles. The Balaban J connectivity index is 2.35. The van der Waals surface area contributed by atoms with E-state index in [9.17, 15) is 0 Å². The fourth-order valence-corrected chi connectivity index (χ4v) is 1.87. The van der Waals surface area contributed by atoms with Gasteiger partial charge >= 0.3 is 0 Å². The molecule has 88 valence electrons. The van der Waals surface area contributed by atoms with Gasteiger partial charge in [0.1, 0.15) is 10.8 Å². The van der Waals surface area contributed by atoms with Crippen molar-refractivity contribution in [3.8, 4) is 11.6 Å². The largest absolute Gasteiger partial charge is 0.435 e. The Kier molecular flexibility index (Phi) is 3.76. The summed E-state index contributed by atoms with van der Waals surface area (Å²) in [4.78, 5) is 4.05. The number of aromatic nitrogens is 1. The van der Waals surface area contributed by atoms with Crippen LogP contribution in [0.4, 0.5) is 5.69 Å². The third-order valence-corrected chi connectivity index (χ3v) is 3.20. The van der Waals surface area contributed by atoms with Crippen molar-refractivity contribution in [2.24, 2.45) is 0 Å². The van der Waals surface area contributed by atoms with Crippen molar-refractivity contribution in [3.63, 3.8) is 0 Å². The number of halogens is 3. The summed E-state index contributed by atoms with van der Waals surface area (Å²) in [5, 5.41) is 0.748. The summed E-state index contributed by atoms with van der Waals surface area (Å²) in [5.41, 5.74) is 6.18. The molecule has 0 aliphatic carbocycles. The lowest BCUT2D eigenvalue weighted by atomic mass is 10.3. The molecule has 0 amide bonds. The van der Waals surface area contributed by atoms with Gasteiger partial charge in [-0.1, -0.05) is 29.3 Å². The average Bonchev–Trinajstić information content (AvgIpc) is 2.28. The highest BCUT2D eigenvalue weighted by Gasteiger charge is 2.09. The van der Waals surface area contributed by atoms with Gasteiger partial charge < -0.3 is 10.5 Å². The number of benzene rings is 1. The minimum Gasteiger partial charge on any atom is -0.435 e. The molecule has 0 spiro atoms. The molecule has 2 rings (SSSR count). The zero-order chi connectivity index (χ0) is 12.4. The first-order valence-corrected chi connectivity index (χ1v) is 6.15. The van der Waals surface area contributed by atoms with E-state index in [2.05, 4.69) is 20.9 Å². The van der Waals surface area contributed by atoms with Gasteiger partial charge in [0, 0.05) is 10.7 Å². The van der Waals surface area contributed by atoms with E-state index in [0.29, 0.717) is 21.5 Å². The lowest BCUT2D eigenvalue weighted by Crippen LogP contribution is -1.95. The van der Waals surface area contributed by atoms with Gasteiger partial charge in [0.25, 0.3) is 0 Å². The number of hydrogen-bond donors (Lipinski definition) is 1.